The van der Waals surface area contributed by atoms with Crippen LogP contribution < -0.4 is 4.90 Å². The zero-order valence-electron chi connectivity index (χ0n) is 18.7. The third-order valence-corrected chi connectivity index (χ3v) is 9.63. The Balaban J connectivity index is 1.58. The van der Waals surface area contributed by atoms with Gasteiger partial charge in [-0.25, -0.2) is 8.42 Å². The number of nitrogens with zero attached hydrogens (tertiary/aromatic N) is 3. The summed E-state index contributed by atoms with van der Waals surface area (Å²) in [5.74, 6) is 0. The SMILES string of the molecule is CC(C)(O)c1ccc(N2CCN(S(=O)(=O)c3cccs3)C[C@@H]2CN2CCC[C@H](O)C2)cc1. The maximum absolute atomic E-state index is 13.2. The van der Waals surface area contributed by atoms with Crippen molar-refractivity contribution in [3.63, 3.8) is 0 Å². The number of aliphatic hydroxyl groups excluding tert-OH is 1. The normalized spacial score (nSPS) is 24.1. The molecule has 2 atom stereocenters. The average Bonchev–Trinajstić information content (AvgIpc) is 3.29. The number of rotatable bonds is 6. The highest BCUT2D eigenvalue weighted by Gasteiger charge is 2.36. The molecule has 1 aromatic heterocycles. The summed E-state index contributed by atoms with van der Waals surface area (Å²) in [4.78, 5) is 4.52. The number of hydrogen-bond acceptors (Lipinski definition) is 7. The molecule has 7 nitrogen and oxygen atoms in total. The Labute approximate surface area is 194 Å². The van der Waals surface area contributed by atoms with Crippen LogP contribution in [0.2, 0.25) is 0 Å². The minimum atomic E-state index is -3.51. The molecule has 32 heavy (non-hydrogen) atoms. The molecule has 2 aliphatic rings. The van der Waals surface area contributed by atoms with Gasteiger partial charge in [0.25, 0.3) is 10.0 Å². The van der Waals surface area contributed by atoms with E-state index in [0.717, 1.165) is 30.6 Å². The topological polar surface area (TPSA) is 84.3 Å². The van der Waals surface area contributed by atoms with E-state index in [1.807, 2.05) is 24.3 Å². The van der Waals surface area contributed by atoms with Gasteiger partial charge in [-0.2, -0.15) is 4.31 Å². The number of hydrogen-bond donors (Lipinski definition) is 2. The Hall–Kier alpha value is -1.49. The summed E-state index contributed by atoms with van der Waals surface area (Å²) in [6.45, 7) is 7.18. The first-order valence-electron chi connectivity index (χ1n) is 11.2. The molecule has 0 radical (unpaired) electrons. The lowest BCUT2D eigenvalue weighted by molar-refractivity contribution is 0.0647. The standard InChI is InChI=1S/C23H33N3O4S2/c1-23(2,28)18-7-9-19(10-8-18)26-13-12-25(32(29,30)22-6-4-14-31-22)16-20(26)15-24-11-3-5-21(27)17-24/h4,6-10,14,20-21,27-28H,3,5,11-13,15-17H2,1-2H3/t20-,21-/m0/s1. The van der Waals surface area contributed by atoms with E-state index < -0.39 is 15.6 Å². The highest BCUT2D eigenvalue weighted by Crippen LogP contribution is 2.29. The van der Waals surface area contributed by atoms with E-state index in [-0.39, 0.29) is 12.1 Å². The predicted molar refractivity (Wildman–Crippen MR) is 128 cm³/mol. The van der Waals surface area contributed by atoms with Crippen molar-refractivity contribution in [3.05, 3.63) is 47.3 Å². The number of β-amino-alcohol motifs (C(OH)–C–C–N with tert-alkyl or cyclic N) is 1. The van der Waals surface area contributed by atoms with Gasteiger partial charge in [-0.05, 0) is 62.4 Å². The second-order valence-corrected chi connectivity index (χ2v) is 12.4. The minimum absolute atomic E-state index is 0.0308. The maximum atomic E-state index is 13.2. The third-order valence-electron chi connectivity index (χ3n) is 6.39. The van der Waals surface area contributed by atoms with Crippen LogP contribution in [0, 0.1) is 0 Å². The summed E-state index contributed by atoms with van der Waals surface area (Å²) < 4.78 is 28.3. The quantitative estimate of drug-likeness (QED) is 0.662. The van der Waals surface area contributed by atoms with Gasteiger partial charge in [0.2, 0.25) is 0 Å². The molecule has 0 spiro atoms. The van der Waals surface area contributed by atoms with E-state index in [1.54, 1.807) is 35.7 Å². The summed E-state index contributed by atoms with van der Waals surface area (Å²) in [6.07, 6.45) is 1.45. The van der Waals surface area contributed by atoms with Crippen LogP contribution in [0.15, 0.2) is 46.0 Å². The average molecular weight is 480 g/mol. The molecule has 0 saturated carbocycles. The van der Waals surface area contributed by atoms with Crippen molar-refractivity contribution in [1.29, 1.82) is 0 Å². The maximum Gasteiger partial charge on any atom is 0.252 e. The Bertz CT molecular complexity index is 987. The fourth-order valence-corrected chi connectivity index (χ4v) is 7.25. The molecule has 2 saturated heterocycles. The molecular weight excluding hydrogens is 446 g/mol. The van der Waals surface area contributed by atoms with Gasteiger partial charge in [-0.1, -0.05) is 18.2 Å². The van der Waals surface area contributed by atoms with Crippen LogP contribution in [0.4, 0.5) is 5.69 Å². The summed E-state index contributed by atoms with van der Waals surface area (Å²) in [5, 5.41) is 22.2. The zero-order chi connectivity index (χ0) is 22.9. The molecule has 176 valence electrons. The molecule has 4 rings (SSSR count). The molecule has 0 aliphatic carbocycles. The molecule has 0 unspecified atom stereocenters. The van der Waals surface area contributed by atoms with E-state index in [0.29, 0.717) is 36.9 Å². The highest BCUT2D eigenvalue weighted by molar-refractivity contribution is 7.91. The number of aliphatic hydroxyl groups is 2. The smallest absolute Gasteiger partial charge is 0.252 e. The number of thiophene rings is 1. The van der Waals surface area contributed by atoms with E-state index in [9.17, 15) is 18.6 Å². The lowest BCUT2D eigenvalue weighted by Gasteiger charge is -2.44. The number of piperazine rings is 1. The zero-order valence-corrected chi connectivity index (χ0v) is 20.4. The third kappa shape index (κ3) is 5.18. The van der Waals surface area contributed by atoms with E-state index in [2.05, 4.69) is 9.80 Å². The molecule has 2 N–H and O–H groups in total. The fourth-order valence-electron chi connectivity index (χ4n) is 4.63. The number of benzene rings is 1. The van der Waals surface area contributed by atoms with Gasteiger partial charge < -0.3 is 15.1 Å². The van der Waals surface area contributed by atoms with Crippen molar-refractivity contribution < 1.29 is 18.6 Å². The molecule has 3 heterocycles. The molecule has 2 aliphatic heterocycles. The molecule has 2 fully saturated rings. The van der Waals surface area contributed by atoms with Crippen molar-refractivity contribution in [2.75, 3.05) is 44.2 Å². The van der Waals surface area contributed by atoms with Gasteiger partial charge >= 0.3 is 0 Å². The second-order valence-electron chi connectivity index (χ2n) is 9.30. The number of sulfonamides is 1. The predicted octanol–water partition coefficient (Wildman–Crippen LogP) is 2.31. The van der Waals surface area contributed by atoms with Crippen LogP contribution >= 0.6 is 11.3 Å². The first kappa shape index (κ1) is 23.7. The van der Waals surface area contributed by atoms with Crippen LogP contribution in [0.3, 0.4) is 0 Å². The summed E-state index contributed by atoms with van der Waals surface area (Å²) in [5.41, 5.74) is 0.958. The van der Waals surface area contributed by atoms with Crippen LogP contribution in [0.1, 0.15) is 32.3 Å². The van der Waals surface area contributed by atoms with Crippen molar-refractivity contribution in [1.82, 2.24) is 9.21 Å². The van der Waals surface area contributed by atoms with Gasteiger partial charge in [0.15, 0.2) is 0 Å². The second kappa shape index (κ2) is 9.40. The van der Waals surface area contributed by atoms with Crippen LogP contribution in [-0.2, 0) is 15.6 Å². The van der Waals surface area contributed by atoms with E-state index >= 15 is 0 Å². The van der Waals surface area contributed by atoms with Crippen molar-refractivity contribution in [3.8, 4) is 0 Å². The molecule has 2 aromatic rings. The fraction of sp³-hybridized carbons (Fsp3) is 0.565. The lowest BCUT2D eigenvalue weighted by atomic mass is 9.98. The molecule has 9 heteroatoms. The Morgan fingerprint density at radius 2 is 1.84 bits per heavy atom. The summed E-state index contributed by atoms with van der Waals surface area (Å²) in [7, 11) is -3.51. The van der Waals surface area contributed by atoms with E-state index in [4.69, 9.17) is 0 Å². The van der Waals surface area contributed by atoms with Crippen molar-refractivity contribution in [2.45, 2.75) is 48.6 Å². The number of anilines is 1. The summed E-state index contributed by atoms with van der Waals surface area (Å²) in [6, 6.07) is 11.3. The highest BCUT2D eigenvalue weighted by atomic mass is 32.2. The first-order valence-corrected chi connectivity index (χ1v) is 13.5. The minimum Gasteiger partial charge on any atom is -0.392 e. The molecule has 0 bridgehead atoms. The van der Waals surface area contributed by atoms with Crippen LogP contribution in [0.5, 0.6) is 0 Å². The van der Waals surface area contributed by atoms with Gasteiger partial charge in [-0.15, -0.1) is 11.3 Å². The number of piperidine rings is 1. The monoisotopic (exact) mass is 479 g/mol. The van der Waals surface area contributed by atoms with Crippen molar-refractivity contribution in [2.24, 2.45) is 0 Å². The molecular formula is C23H33N3O4S2. The number of likely N-dealkylation sites (tertiary alicyclic amines) is 1. The molecule has 1 aromatic carbocycles. The summed E-state index contributed by atoms with van der Waals surface area (Å²) >= 11 is 1.25. The van der Waals surface area contributed by atoms with Crippen molar-refractivity contribution >= 4 is 27.0 Å². The Morgan fingerprint density at radius 1 is 1.09 bits per heavy atom. The van der Waals surface area contributed by atoms with Crippen LogP contribution in [-0.4, -0.2) is 79.3 Å². The van der Waals surface area contributed by atoms with Gasteiger partial charge in [-0.3, -0.25) is 4.90 Å². The first-order chi connectivity index (χ1) is 15.1. The van der Waals surface area contributed by atoms with Gasteiger partial charge in [0.1, 0.15) is 4.21 Å². The van der Waals surface area contributed by atoms with Gasteiger partial charge in [0.05, 0.1) is 17.7 Å². The largest absolute Gasteiger partial charge is 0.392 e. The van der Waals surface area contributed by atoms with E-state index in [1.165, 1.54) is 11.3 Å². The lowest BCUT2D eigenvalue weighted by Crippen LogP contribution is -2.59. The van der Waals surface area contributed by atoms with Gasteiger partial charge in [0, 0.05) is 38.4 Å². The Kier molecular flexibility index (Phi) is 6.95. The molecule has 0 amide bonds. The Morgan fingerprint density at radius 3 is 2.47 bits per heavy atom. The van der Waals surface area contributed by atoms with Crippen LogP contribution in [0.25, 0.3) is 0 Å².